The van der Waals surface area contributed by atoms with Crippen molar-refractivity contribution in [3.8, 4) is 0 Å². The molecule has 2 rings (SSSR count). The van der Waals surface area contributed by atoms with Crippen LogP contribution >= 0.6 is 38.9 Å². The van der Waals surface area contributed by atoms with Gasteiger partial charge in [-0.3, -0.25) is 4.90 Å². The molecule has 5 heteroatoms. The molecule has 1 aliphatic carbocycles. The summed E-state index contributed by atoms with van der Waals surface area (Å²) in [6.45, 7) is 5.19. The van der Waals surface area contributed by atoms with Crippen LogP contribution in [0.25, 0.3) is 0 Å². The Morgan fingerprint density at radius 3 is 2.78 bits per heavy atom. The molecule has 1 fully saturated rings. The van der Waals surface area contributed by atoms with Gasteiger partial charge in [-0.05, 0) is 53.7 Å². The van der Waals surface area contributed by atoms with Crippen LogP contribution in [0.4, 0.5) is 0 Å². The molecule has 102 valence electrons. The summed E-state index contributed by atoms with van der Waals surface area (Å²) in [6, 6.07) is 2.44. The van der Waals surface area contributed by atoms with Gasteiger partial charge < -0.3 is 5.73 Å². The van der Waals surface area contributed by atoms with Gasteiger partial charge in [-0.1, -0.05) is 18.5 Å². The van der Waals surface area contributed by atoms with Gasteiger partial charge in [0.1, 0.15) is 4.34 Å². The number of hydrogen-bond acceptors (Lipinski definition) is 3. The SMILES string of the molecule is CCCN(CC1CC1)C(CN)c1cc(Br)c(Cl)s1. The molecule has 1 aliphatic rings. The molecule has 2 N–H and O–H groups in total. The van der Waals surface area contributed by atoms with Crippen molar-refractivity contribution in [2.75, 3.05) is 19.6 Å². The van der Waals surface area contributed by atoms with Gasteiger partial charge in [0, 0.05) is 22.4 Å². The Labute approximate surface area is 127 Å². The van der Waals surface area contributed by atoms with E-state index in [4.69, 9.17) is 17.3 Å². The molecule has 0 bridgehead atoms. The summed E-state index contributed by atoms with van der Waals surface area (Å²) >= 11 is 11.3. The fourth-order valence-corrected chi connectivity index (χ4v) is 4.15. The van der Waals surface area contributed by atoms with E-state index < -0.39 is 0 Å². The van der Waals surface area contributed by atoms with Crippen molar-refractivity contribution in [3.63, 3.8) is 0 Å². The smallest absolute Gasteiger partial charge is 0.107 e. The van der Waals surface area contributed by atoms with E-state index in [1.165, 1.54) is 30.7 Å². The van der Waals surface area contributed by atoms with E-state index in [2.05, 4.69) is 33.8 Å². The zero-order valence-corrected chi connectivity index (χ0v) is 13.8. The lowest BCUT2D eigenvalue weighted by Gasteiger charge is -2.30. The van der Waals surface area contributed by atoms with Crippen LogP contribution in [-0.4, -0.2) is 24.5 Å². The van der Waals surface area contributed by atoms with Gasteiger partial charge >= 0.3 is 0 Å². The molecule has 2 nitrogen and oxygen atoms in total. The lowest BCUT2D eigenvalue weighted by molar-refractivity contribution is 0.196. The first-order valence-corrected chi connectivity index (χ1v) is 8.53. The van der Waals surface area contributed by atoms with Crippen LogP contribution < -0.4 is 5.73 Å². The van der Waals surface area contributed by atoms with Crippen LogP contribution in [0, 0.1) is 5.92 Å². The Balaban J connectivity index is 2.12. The van der Waals surface area contributed by atoms with E-state index in [1.807, 2.05) is 0 Å². The molecule has 1 aromatic rings. The summed E-state index contributed by atoms with van der Waals surface area (Å²) in [7, 11) is 0. The first-order chi connectivity index (χ1) is 8.65. The average molecular weight is 352 g/mol. The lowest BCUT2D eigenvalue weighted by atomic mass is 10.1. The molecule has 1 saturated carbocycles. The van der Waals surface area contributed by atoms with E-state index >= 15 is 0 Å². The first kappa shape index (κ1) is 14.8. The summed E-state index contributed by atoms with van der Waals surface area (Å²) < 4.78 is 1.82. The molecular formula is C13H20BrClN2S. The fourth-order valence-electron chi connectivity index (χ4n) is 2.27. The third-order valence-electron chi connectivity index (χ3n) is 3.36. The van der Waals surface area contributed by atoms with Crippen molar-refractivity contribution in [1.29, 1.82) is 0 Å². The van der Waals surface area contributed by atoms with Crippen LogP contribution in [0.2, 0.25) is 4.34 Å². The zero-order valence-electron chi connectivity index (χ0n) is 10.7. The van der Waals surface area contributed by atoms with E-state index in [1.54, 1.807) is 11.3 Å². The second kappa shape index (κ2) is 6.71. The number of nitrogens with zero attached hydrogens (tertiary/aromatic N) is 1. The molecule has 0 aliphatic heterocycles. The Hall–Kier alpha value is 0.390. The molecule has 18 heavy (non-hydrogen) atoms. The third kappa shape index (κ3) is 3.70. The highest BCUT2D eigenvalue weighted by Gasteiger charge is 2.28. The van der Waals surface area contributed by atoms with Crippen molar-refractivity contribution < 1.29 is 0 Å². The van der Waals surface area contributed by atoms with Crippen LogP contribution in [-0.2, 0) is 0 Å². The largest absolute Gasteiger partial charge is 0.329 e. The molecule has 1 aromatic heterocycles. The molecule has 0 saturated heterocycles. The maximum atomic E-state index is 6.14. The summed E-state index contributed by atoms with van der Waals surface area (Å²) in [5.41, 5.74) is 6.00. The molecule has 1 atom stereocenters. The van der Waals surface area contributed by atoms with Crippen LogP contribution in [0.15, 0.2) is 10.5 Å². The Bertz CT molecular complexity index is 373. The minimum absolute atomic E-state index is 0.319. The summed E-state index contributed by atoms with van der Waals surface area (Å²) in [5.74, 6) is 0.893. The topological polar surface area (TPSA) is 29.3 Å². The van der Waals surface area contributed by atoms with E-state index in [9.17, 15) is 0 Å². The fraction of sp³-hybridized carbons (Fsp3) is 0.692. The van der Waals surface area contributed by atoms with Gasteiger partial charge in [-0.25, -0.2) is 0 Å². The van der Waals surface area contributed by atoms with Gasteiger partial charge in [0.15, 0.2) is 0 Å². The third-order valence-corrected chi connectivity index (χ3v) is 5.93. The normalized spacial score (nSPS) is 17.4. The van der Waals surface area contributed by atoms with Crippen molar-refractivity contribution in [2.24, 2.45) is 11.7 Å². The number of halogens is 2. The number of thiophene rings is 1. The summed E-state index contributed by atoms with van der Waals surface area (Å²) in [4.78, 5) is 3.81. The van der Waals surface area contributed by atoms with Crippen molar-refractivity contribution in [2.45, 2.75) is 32.2 Å². The Morgan fingerprint density at radius 1 is 1.61 bits per heavy atom. The van der Waals surface area contributed by atoms with Gasteiger partial charge in [-0.2, -0.15) is 0 Å². The van der Waals surface area contributed by atoms with E-state index in [0.29, 0.717) is 12.6 Å². The van der Waals surface area contributed by atoms with Gasteiger partial charge in [-0.15, -0.1) is 11.3 Å². The van der Waals surface area contributed by atoms with Gasteiger partial charge in [0.05, 0.1) is 6.04 Å². The monoisotopic (exact) mass is 350 g/mol. The van der Waals surface area contributed by atoms with Crippen LogP contribution in [0.3, 0.4) is 0 Å². The van der Waals surface area contributed by atoms with Crippen molar-refractivity contribution in [1.82, 2.24) is 4.90 Å². The van der Waals surface area contributed by atoms with E-state index in [-0.39, 0.29) is 0 Å². The predicted molar refractivity (Wildman–Crippen MR) is 83.4 cm³/mol. The second-order valence-corrected chi connectivity index (χ2v) is 7.50. The molecule has 0 amide bonds. The highest BCUT2D eigenvalue weighted by Crippen LogP contribution is 2.38. The van der Waals surface area contributed by atoms with E-state index in [0.717, 1.165) is 21.3 Å². The van der Waals surface area contributed by atoms with Crippen molar-refractivity contribution >= 4 is 38.9 Å². The standard InChI is InChI=1S/C13H20BrClN2S/c1-2-5-17(8-9-3-4-9)11(7-16)12-6-10(14)13(15)18-12/h6,9,11H,2-5,7-8,16H2,1H3. The molecule has 0 spiro atoms. The second-order valence-electron chi connectivity index (χ2n) is 4.96. The summed E-state index contributed by atoms with van der Waals surface area (Å²) in [5, 5.41) is 0. The highest BCUT2D eigenvalue weighted by molar-refractivity contribution is 9.10. The minimum atomic E-state index is 0.319. The minimum Gasteiger partial charge on any atom is -0.329 e. The number of hydrogen-bond donors (Lipinski definition) is 1. The van der Waals surface area contributed by atoms with Crippen molar-refractivity contribution in [3.05, 3.63) is 19.8 Å². The number of rotatable bonds is 7. The van der Waals surface area contributed by atoms with Gasteiger partial charge in [0.25, 0.3) is 0 Å². The quantitative estimate of drug-likeness (QED) is 0.794. The average Bonchev–Trinajstić information content (AvgIpc) is 3.08. The Kier molecular flexibility index (Phi) is 5.51. The van der Waals surface area contributed by atoms with Crippen LogP contribution in [0.1, 0.15) is 37.1 Å². The highest BCUT2D eigenvalue weighted by atomic mass is 79.9. The zero-order chi connectivity index (χ0) is 13.1. The maximum Gasteiger partial charge on any atom is 0.107 e. The maximum absolute atomic E-state index is 6.14. The summed E-state index contributed by atoms with van der Waals surface area (Å²) in [6.07, 6.45) is 3.93. The molecule has 1 unspecified atom stereocenters. The molecule has 0 radical (unpaired) electrons. The Morgan fingerprint density at radius 2 is 2.33 bits per heavy atom. The van der Waals surface area contributed by atoms with Gasteiger partial charge in [0.2, 0.25) is 0 Å². The molecular weight excluding hydrogens is 332 g/mol. The lowest BCUT2D eigenvalue weighted by Crippen LogP contribution is -2.35. The predicted octanol–water partition coefficient (Wildman–Crippen LogP) is 4.29. The molecule has 1 heterocycles. The number of nitrogens with two attached hydrogens (primary N) is 1. The molecule has 0 aromatic carbocycles. The first-order valence-electron chi connectivity index (χ1n) is 6.54. The van der Waals surface area contributed by atoms with Crippen LogP contribution in [0.5, 0.6) is 0 Å².